The Bertz CT molecular complexity index is 502. The van der Waals surface area contributed by atoms with Crippen molar-refractivity contribution in [3.8, 4) is 0 Å². The van der Waals surface area contributed by atoms with Crippen molar-refractivity contribution in [3.05, 3.63) is 33.5 Å². The smallest absolute Gasteiger partial charge is 0.0948 e. The van der Waals surface area contributed by atoms with Crippen molar-refractivity contribution in [2.24, 2.45) is 12.9 Å². The molecule has 5 nitrogen and oxygen atoms in total. The summed E-state index contributed by atoms with van der Waals surface area (Å²) in [6.45, 7) is 3.98. The van der Waals surface area contributed by atoms with Gasteiger partial charge in [-0.2, -0.15) is 5.10 Å². The van der Waals surface area contributed by atoms with Gasteiger partial charge in [-0.15, -0.1) is 11.3 Å². The minimum Gasteiger partial charge on any atom is -0.271 e. The van der Waals surface area contributed by atoms with Gasteiger partial charge in [-0.05, 0) is 19.9 Å². The van der Waals surface area contributed by atoms with E-state index < -0.39 is 0 Å². The molecule has 2 rings (SSSR count). The van der Waals surface area contributed by atoms with Gasteiger partial charge in [-0.3, -0.25) is 16.0 Å². The molecule has 0 aliphatic rings. The number of nitrogens with zero attached hydrogens (tertiary/aromatic N) is 3. The van der Waals surface area contributed by atoms with Gasteiger partial charge >= 0.3 is 0 Å². The van der Waals surface area contributed by atoms with Gasteiger partial charge in [0.15, 0.2) is 0 Å². The molecule has 0 bridgehead atoms. The van der Waals surface area contributed by atoms with Crippen LogP contribution in [0, 0.1) is 13.8 Å². The van der Waals surface area contributed by atoms with Crippen LogP contribution in [0.1, 0.15) is 28.1 Å². The van der Waals surface area contributed by atoms with Crippen LogP contribution < -0.4 is 11.3 Å². The predicted octanol–water partition coefficient (Wildman–Crippen LogP) is 1.24. The number of thiazole rings is 1. The maximum atomic E-state index is 5.62. The molecule has 0 saturated heterocycles. The fraction of sp³-hybridized carbons (Fsp3) is 0.455. The number of nitrogens with two attached hydrogens (primary N) is 1. The second-order valence-electron chi connectivity index (χ2n) is 4.14. The van der Waals surface area contributed by atoms with Crippen LogP contribution in [-0.2, 0) is 13.5 Å². The molecule has 2 heterocycles. The Morgan fingerprint density at radius 3 is 2.71 bits per heavy atom. The lowest BCUT2D eigenvalue weighted by molar-refractivity contribution is 0.507. The fourth-order valence-corrected chi connectivity index (χ4v) is 2.70. The first-order valence-electron chi connectivity index (χ1n) is 5.48. The van der Waals surface area contributed by atoms with E-state index in [1.54, 1.807) is 11.3 Å². The van der Waals surface area contributed by atoms with Crippen molar-refractivity contribution in [2.45, 2.75) is 26.3 Å². The number of aromatic nitrogens is 3. The molecule has 2 aromatic heterocycles. The van der Waals surface area contributed by atoms with Crippen molar-refractivity contribution in [3.63, 3.8) is 0 Å². The summed E-state index contributed by atoms with van der Waals surface area (Å²) in [4.78, 5) is 4.45. The Morgan fingerprint density at radius 2 is 2.24 bits per heavy atom. The Morgan fingerprint density at radius 1 is 1.47 bits per heavy atom. The molecule has 1 unspecified atom stereocenters. The first-order chi connectivity index (χ1) is 8.10. The van der Waals surface area contributed by atoms with E-state index in [1.807, 2.05) is 31.6 Å². The molecule has 92 valence electrons. The number of rotatable bonds is 4. The van der Waals surface area contributed by atoms with Gasteiger partial charge in [0.1, 0.15) is 0 Å². The first kappa shape index (κ1) is 12.2. The molecule has 0 spiro atoms. The van der Waals surface area contributed by atoms with Crippen LogP contribution in [0.4, 0.5) is 0 Å². The fourth-order valence-electron chi connectivity index (χ4n) is 1.88. The summed E-state index contributed by atoms with van der Waals surface area (Å²) in [5.41, 5.74) is 5.97. The van der Waals surface area contributed by atoms with Crippen LogP contribution >= 0.6 is 11.3 Å². The highest BCUT2D eigenvalue weighted by atomic mass is 32.1. The number of hydrazine groups is 1. The molecular weight excluding hydrogens is 234 g/mol. The largest absolute Gasteiger partial charge is 0.271 e. The lowest BCUT2D eigenvalue weighted by atomic mass is 10.1. The number of hydrogen-bond acceptors (Lipinski definition) is 5. The molecule has 6 heteroatoms. The Kier molecular flexibility index (Phi) is 3.56. The van der Waals surface area contributed by atoms with Crippen LogP contribution in [0.5, 0.6) is 0 Å². The highest BCUT2D eigenvalue weighted by Gasteiger charge is 2.16. The summed E-state index contributed by atoms with van der Waals surface area (Å²) in [6, 6.07) is 2.09. The SMILES string of the molecule is Cc1csc(CC(NN)c2cc(C)nn2C)n1. The molecule has 0 fully saturated rings. The van der Waals surface area contributed by atoms with Gasteiger partial charge in [0, 0.05) is 24.5 Å². The van der Waals surface area contributed by atoms with Crippen molar-refractivity contribution < 1.29 is 0 Å². The Balaban J connectivity index is 2.19. The summed E-state index contributed by atoms with van der Waals surface area (Å²) in [5.74, 6) is 5.62. The van der Waals surface area contributed by atoms with Gasteiger partial charge < -0.3 is 0 Å². The third kappa shape index (κ3) is 2.71. The molecule has 0 aliphatic heterocycles. The van der Waals surface area contributed by atoms with E-state index in [4.69, 9.17) is 5.84 Å². The van der Waals surface area contributed by atoms with Gasteiger partial charge in [-0.1, -0.05) is 0 Å². The second-order valence-corrected chi connectivity index (χ2v) is 5.08. The lowest BCUT2D eigenvalue weighted by Crippen LogP contribution is -2.31. The summed E-state index contributed by atoms with van der Waals surface area (Å²) >= 11 is 1.66. The van der Waals surface area contributed by atoms with E-state index in [1.165, 1.54) is 0 Å². The van der Waals surface area contributed by atoms with Gasteiger partial charge in [-0.25, -0.2) is 4.98 Å². The minimum atomic E-state index is 0.0479. The zero-order valence-corrected chi connectivity index (χ0v) is 11.1. The quantitative estimate of drug-likeness (QED) is 0.633. The number of nitrogens with one attached hydrogen (secondary N) is 1. The van der Waals surface area contributed by atoms with E-state index in [2.05, 4.69) is 20.9 Å². The zero-order valence-electron chi connectivity index (χ0n) is 10.3. The van der Waals surface area contributed by atoms with Crippen LogP contribution in [0.25, 0.3) is 0 Å². The van der Waals surface area contributed by atoms with Crippen molar-refractivity contribution in [1.29, 1.82) is 0 Å². The summed E-state index contributed by atoms with van der Waals surface area (Å²) < 4.78 is 1.86. The normalized spacial score (nSPS) is 12.9. The molecule has 0 aliphatic carbocycles. The maximum absolute atomic E-state index is 5.62. The number of aryl methyl sites for hydroxylation is 3. The van der Waals surface area contributed by atoms with Gasteiger partial charge in [0.05, 0.1) is 22.4 Å². The maximum Gasteiger partial charge on any atom is 0.0948 e. The average Bonchev–Trinajstić information content (AvgIpc) is 2.82. The third-order valence-electron chi connectivity index (χ3n) is 2.64. The molecule has 3 N–H and O–H groups in total. The highest BCUT2D eigenvalue weighted by molar-refractivity contribution is 7.09. The zero-order chi connectivity index (χ0) is 12.4. The van der Waals surface area contributed by atoms with Gasteiger partial charge in [0.25, 0.3) is 0 Å². The van der Waals surface area contributed by atoms with E-state index in [0.29, 0.717) is 0 Å². The van der Waals surface area contributed by atoms with Crippen LogP contribution in [0.15, 0.2) is 11.4 Å². The average molecular weight is 251 g/mol. The van der Waals surface area contributed by atoms with Gasteiger partial charge in [0.2, 0.25) is 0 Å². The molecule has 1 atom stereocenters. The van der Waals surface area contributed by atoms with E-state index in [9.17, 15) is 0 Å². The summed E-state index contributed by atoms with van der Waals surface area (Å²) in [7, 11) is 1.93. The molecular formula is C11H17N5S. The summed E-state index contributed by atoms with van der Waals surface area (Å²) in [5, 5.41) is 7.47. The standard InChI is InChI=1S/C11H17N5S/c1-7-4-10(16(3)15-7)9(14-12)5-11-13-8(2)6-17-11/h4,6,9,14H,5,12H2,1-3H3. The monoisotopic (exact) mass is 251 g/mol. The minimum absolute atomic E-state index is 0.0479. The van der Waals surface area contributed by atoms with Crippen molar-refractivity contribution in [2.75, 3.05) is 0 Å². The van der Waals surface area contributed by atoms with E-state index in [-0.39, 0.29) is 6.04 Å². The van der Waals surface area contributed by atoms with Crippen molar-refractivity contribution >= 4 is 11.3 Å². The topological polar surface area (TPSA) is 68.8 Å². The molecule has 0 aromatic carbocycles. The third-order valence-corrected chi connectivity index (χ3v) is 3.63. The lowest BCUT2D eigenvalue weighted by Gasteiger charge is -2.14. The second kappa shape index (κ2) is 4.95. The van der Waals surface area contributed by atoms with E-state index >= 15 is 0 Å². The van der Waals surface area contributed by atoms with Crippen molar-refractivity contribution in [1.82, 2.24) is 20.2 Å². The molecule has 0 saturated carbocycles. The summed E-state index contributed by atoms with van der Waals surface area (Å²) in [6.07, 6.45) is 0.786. The molecule has 17 heavy (non-hydrogen) atoms. The number of hydrogen-bond donors (Lipinski definition) is 2. The van der Waals surface area contributed by atoms with Crippen LogP contribution in [0.2, 0.25) is 0 Å². The molecule has 0 radical (unpaired) electrons. The Hall–Kier alpha value is -1.24. The highest BCUT2D eigenvalue weighted by Crippen LogP contribution is 2.20. The Labute approximate surface area is 105 Å². The molecule has 0 amide bonds. The first-order valence-corrected chi connectivity index (χ1v) is 6.35. The van der Waals surface area contributed by atoms with E-state index in [0.717, 1.165) is 28.5 Å². The van der Waals surface area contributed by atoms with Crippen LogP contribution in [0.3, 0.4) is 0 Å². The predicted molar refractivity (Wildman–Crippen MR) is 68.6 cm³/mol. The van der Waals surface area contributed by atoms with Crippen LogP contribution in [-0.4, -0.2) is 14.8 Å². The molecule has 2 aromatic rings.